The molecule has 21 heavy (non-hydrogen) atoms. The smallest absolute Gasteiger partial charge is 0.128 e. The molecule has 3 nitrogen and oxygen atoms in total. The summed E-state index contributed by atoms with van der Waals surface area (Å²) in [5.74, 6) is 1.97. The maximum absolute atomic E-state index is 4.60. The molecule has 1 fully saturated rings. The van der Waals surface area contributed by atoms with E-state index in [0.29, 0.717) is 12.1 Å². The molecule has 0 bridgehead atoms. The van der Waals surface area contributed by atoms with Crippen LogP contribution in [0.3, 0.4) is 0 Å². The average molecular weight is 289 g/mol. The minimum Gasteiger partial charge on any atom is -0.357 e. The molecule has 1 heterocycles. The normalized spacial score (nSPS) is 23.8. The zero-order valence-corrected chi connectivity index (χ0v) is 14.1. The predicted molar refractivity (Wildman–Crippen MR) is 90.8 cm³/mol. The molecule has 1 aromatic rings. The third-order valence-corrected chi connectivity index (χ3v) is 4.79. The molecular weight excluding hydrogens is 258 g/mol. The van der Waals surface area contributed by atoms with Gasteiger partial charge in [-0.05, 0) is 56.3 Å². The number of hydrogen-bond acceptors (Lipinski definition) is 3. The zero-order valence-electron chi connectivity index (χ0n) is 14.1. The van der Waals surface area contributed by atoms with Crippen molar-refractivity contribution in [3.05, 3.63) is 23.9 Å². The Bertz CT molecular complexity index is 432. The van der Waals surface area contributed by atoms with E-state index in [2.05, 4.69) is 55.2 Å². The first-order valence-corrected chi connectivity index (χ1v) is 8.54. The quantitative estimate of drug-likeness (QED) is 0.852. The van der Waals surface area contributed by atoms with Gasteiger partial charge in [0, 0.05) is 25.3 Å². The maximum Gasteiger partial charge on any atom is 0.128 e. The van der Waals surface area contributed by atoms with Crippen LogP contribution in [0, 0.1) is 5.92 Å². The summed E-state index contributed by atoms with van der Waals surface area (Å²) in [7, 11) is 2.21. The third kappa shape index (κ3) is 4.44. The van der Waals surface area contributed by atoms with Crippen LogP contribution in [-0.4, -0.2) is 24.6 Å². The van der Waals surface area contributed by atoms with Crippen LogP contribution >= 0.6 is 0 Å². The lowest BCUT2D eigenvalue weighted by molar-refractivity contribution is 0.335. The molecule has 118 valence electrons. The van der Waals surface area contributed by atoms with Crippen molar-refractivity contribution < 1.29 is 0 Å². The van der Waals surface area contributed by atoms with E-state index in [1.165, 1.54) is 37.7 Å². The van der Waals surface area contributed by atoms with Crippen molar-refractivity contribution in [2.75, 3.05) is 18.5 Å². The molecule has 1 saturated carbocycles. The summed E-state index contributed by atoms with van der Waals surface area (Å²) in [6, 6.07) is 5.43. The summed E-state index contributed by atoms with van der Waals surface area (Å²) in [6.45, 7) is 7.88. The second kappa shape index (κ2) is 7.79. The minimum absolute atomic E-state index is 0.394. The van der Waals surface area contributed by atoms with Gasteiger partial charge in [0.2, 0.25) is 0 Å². The van der Waals surface area contributed by atoms with Crippen molar-refractivity contribution in [2.45, 2.75) is 65.0 Å². The standard InChI is InChI=1S/C18H31N3/c1-5-10-19-15(3)16-9-11-20-18(13-16)21(4)17-8-6-7-14(2)12-17/h9,11,13-15,17,19H,5-8,10,12H2,1-4H3. The van der Waals surface area contributed by atoms with E-state index < -0.39 is 0 Å². The third-order valence-electron chi connectivity index (χ3n) is 4.79. The maximum atomic E-state index is 4.60. The van der Waals surface area contributed by atoms with Crippen LogP contribution < -0.4 is 10.2 Å². The summed E-state index contributed by atoms with van der Waals surface area (Å²) in [5.41, 5.74) is 1.34. The fourth-order valence-electron chi connectivity index (χ4n) is 3.32. The Morgan fingerprint density at radius 3 is 2.95 bits per heavy atom. The number of pyridine rings is 1. The molecule has 0 amide bonds. The van der Waals surface area contributed by atoms with Crippen LogP contribution in [-0.2, 0) is 0 Å². The second-order valence-electron chi connectivity index (χ2n) is 6.66. The van der Waals surface area contributed by atoms with E-state index in [0.717, 1.165) is 18.3 Å². The average Bonchev–Trinajstić information content (AvgIpc) is 2.52. The molecule has 0 aromatic carbocycles. The van der Waals surface area contributed by atoms with Crippen molar-refractivity contribution in [3.63, 3.8) is 0 Å². The van der Waals surface area contributed by atoms with Gasteiger partial charge < -0.3 is 10.2 Å². The van der Waals surface area contributed by atoms with Gasteiger partial charge in [0.05, 0.1) is 0 Å². The van der Waals surface area contributed by atoms with Gasteiger partial charge in [-0.3, -0.25) is 0 Å². The molecule has 3 unspecified atom stereocenters. The first-order chi connectivity index (χ1) is 10.1. The summed E-state index contributed by atoms with van der Waals surface area (Å²) >= 11 is 0. The lowest BCUT2D eigenvalue weighted by Gasteiger charge is -2.35. The van der Waals surface area contributed by atoms with Gasteiger partial charge in [0.25, 0.3) is 0 Å². The number of nitrogens with one attached hydrogen (secondary N) is 1. The van der Waals surface area contributed by atoms with E-state index in [4.69, 9.17) is 0 Å². The zero-order chi connectivity index (χ0) is 15.2. The van der Waals surface area contributed by atoms with Gasteiger partial charge >= 0.3 is 0 Å². The molecule has 1 aromatic heterocycles. The highest BCUT2D eigenvalue weighted by Gasteiger charge is 2.23. The molecule has 3 heteroatoms. The Kier molecular flexibility index (Phi) is 6.04. The topological polar surface area (TPSA) is 28.2 Å². The molecule has 0 radical (unpaired) electrons. The molecule has 3 atom stereocenters. The predicted octanol–water partition coefficient (Wildman–Crippen LogP) is 4.16. The fourth-order valence-corrected chi connectivity index (χ4v) is 3.32. The van der Waals surface area contributed by atoms with Crippen LogP contribution in [0.5, 0.6) is 0 Å². The van der Waals surface area contributed by atoms with Gasteiger partial charge in [-0.15, -0.1) is 0 Å². The molecule has 1 aliphatic carbocycles. The van der Waals surface area contributed by atoms with Crippen molar-refractivity contribution in [1.82, 2.24) is 10.3 Å². The summed E-state index contributed by atoms with van der Waals surface area (Å²) in [6.07, 6.45) is 8.46. The van der Waals surface area contributed by atoms with Crippen LogP contribution in [0.1, 0.15) is 64.5 Å². The monoisotopic (exact) mass is 289 g/mol. The van der Waals surface area contributed by atoms with Gasteiger partial charge in [0.15, 0.2) is 0 Å². The number of aromatic nitrogens is 1. The van der Waals surface area contributed by atoms with Crippen LogP contribution in [0.15, 0.2) is 18.3 Å². The Morgan fingerprint density at radius 1 is 1.43 bits per heavy atom. The molecule has 0 saturated heterocycles. The van der Waals surface area contributed by atoms with Gasteiger partial charge in [0.1, 0.15) is 5.82 Å². The van der Waals surface area contributed by atoms with Crippen molar-refractivity contribution in [3.8, 4) is 0 Å². The highest BCUT2D eigenvalue weighted by Crippen LogP contribution is 2.29. The molecule has 1 aliphatic rings. The SMILES string of the molecule is CCCNC(C)c1ccnc(N(C)C2CCCC(C)C2)c1. The largest absolute Gasteiger partial charge is 0.357 e. The Balaban J connectivity index is 2.05. The highest BCUT2D eigenvalue weighted by molar-refractivity contribution is 5.42. The van der Waals surface area contributed by atoms with Crippen LogP contribution in [0.25, 0.3) is 0 Å². The number of nitrogens with zero attached hydrogens (tertiary/aromatic N) is 2. The first-order valence-electron chi connectivity index (χ1n) is 8.54. The van der Waals surface area contributed by atoms with E-state index in [9.17, 15) is 0 Å². The molecule has 2 rings (SSSR count). The number of rotatable bonds is 6. The summed E-state index contributed by atoms with van der Waals surface area (Å²) in [5, 5.41) is 3.56. The Morgan fingerprint density at radius 2 is 2.24 bits per heavy atom. The molecular formula is C18H31N3. The van der Waals surface area contributed by atoms with E-state index >= 15 is 0 Å². The Labute approximate surface area is 130 Å². The van der Waals surface area contributed by atoms with Gasteiger partial charge in [-0.2, -0.15) is 0 Å². The van der Waals surface area contributed by atoms with E-state index in [1.54, 1.807) is 0 Å². The number of hydrogen-bond donors (Lipinski definition) is 1. The highest BCUT2D eigenvalue weighted by atomic mass is 15.2. The van der Waals surface area contributed by atoms with Crippen LogP contribution in [0.2, 0.25) is 0 Å². The molecule has 0 spiro atoms. The summed E-state index contributed by atoms with van der Waals surface area (Å²) in [4.78, 5) is 6.99. The van der Waals surface area contributed by atoms with Crippen molar-refractivity contribution in [2.24, 2.45) is 5.92 Å². The Hall–Kier alpha value is -1.09. The van der Waals surface area contributed by atoms with Crippen LogP contribution in [0.4, 0.5) is 5.82 Å². The first kappa shape index (κ1) is 16.3. The van der Waals surface area contributed by atoms with Gasteiger partial charge in [-0.25, -0.2) is 4.98 Å². The van der Waals surface area contributed by atoms with Crippen molar-refractivity contribution >= 4 is 5.82 Å². The van der Waals surface area contributed by atoms with Crippen molar-refractivity contribution in [1.29, 1.82) is 0 Å². The minimum atomic E-state index is 0.394. The van der Waals surface area contributed by atoms with E-state index in [1.807, 2.05) is 6.20 Å². The molecule has 1 N–H and O–H groups in total. The second-order valence-corrected chi connectivity index (χ2v) is 6.66. The lowest BCUT2D eigenvalue weighted by Crippen LogP contribution is -2.36. The number of anilines is 1. The summed E-state index contributed by atoms with van der Waals surface area (Å²) < 4.78 is 0. The van der Waals surface area contributed by atoms with E-state index in [-0.39, 0.29) is 0 Å². The lowest BCUT2D eigenvalue weighted by atomic mass is 9.86. The van der Waals surface area contributed by atoms with Gasteiger partial charge in [-0.1, -0.05) is 26.7 Å². The fraction of sp³-hybridized carbons (Fsp3) is 0.722. The molecule has 0 aliphatic heterocycles.